The third-order valence-corrected chi connectivity index (χ3v) is 3.88. The number of hydrogen-bond acceptors (Lipinski definition) is 2. The normalized spacial score (nSPS) is 20.9. The van der Waals surface area contributed by atoms with E-state index in [-0.39, 0.29) is 6.10 Å². The van der Waals surface area contributed by atoms with E-state index in [1.54, 1.807) is 0 Å². The summed E-state index contributed by atoms with van der Waals surface area (Å²) in [5.74, 6) is 1.47. The molecule has 0 heterocycles. The second kappa shape index (κ2) is 5.68. The van der Waals surface area contributed by atoms with Gasteiger partial charge in [0, 0.05) is 12.5 Å². The molecule has 0 aromatic heterocycles. The summed E-state index contributed by atoms with van der Waals surface area (Å²) in [5, 5.41) is 0. The molecule has 2 unspecified atom stereocenters. The molecule has 2 aromatic rings. The Hall–Kier alpha value is -1.80. The smallest absolute Gasteiger partial charge is 0.128 e. The molecule has 20 heavy (non-hydrogen) atoms. The molecule has 1 aliphatic carbocycles. The van der Waals surface area contributed by atoms with Gasteiger partial charge < -0.3 is 9.64 Å². The molecule has 0 aliphatic heterocycles. The maximum Gasteiger partial charge on any atom is 0.128 e. The quantitative estimate of drug-likeness (QED) is 0.840. The summed E-state index contributed by atoms with van der Waals surface area (Å²) in [5.41, 5.74) is 2.78. The van der Waals surface area contributed by atoms with Gasteiger partial charge in [0.25, 0.3) is 0 Å². The van der Waals surface area contributed by atoms with Crippen molar-refractivity contribution in [3.8, 4) is 5.75 Å². The third-order valence-electron chi connectivity index (χ3n) is 3.88. The van der Waals surface area contributed by atoms with Crippen molar-refractivity contribution in [2.75, 3.05) is 20.6 Å². The number of hydrogen-bond donors (Lipinski definition) is 0. The molecule has 0 bridgehead atoms. The van der Waals surface area contributed by atoms with Gasteiger partial charge in [-0.3, -0.25) is 0 Å². The first-order valence-corrected chi connectivity index (χ1v) is 7.18. The van der Waals surface area contributed by atoms with Gasteiger partial charge in [-0.15, -0.1) is 0 Å². The largest absolute Gasteiger partial charge is 0.485 e. The Kier molecular flexibility index (Phi) is 3.75. The van der Waals surface area contributed by atoms with Crippen LogP contribution < -0.4 is 4.74 Å². The summed E-state index contributed by atoms with van der Waals surface area (Å²) >= 11 is 0. The van der Waals surface area contributed by atoms with Crippen molar-refractivity contribution in [3.05, 3.63) is 65.7 Å². The summed E-state index contributed by atoms with van der Waals surface area (Å²) in [6.45, 7) is 1.05. The van der Waals surface area contributed by atoms with E-state index >= 15 is 0 Å². The highest BCUT2D eigenvalue weighted by atomic mass is 16.5. The minimum atomic E-state index is 0.163. The van der Waals surface area contributed by atoms with Crippen LogP contribution in [0.1, 0.15) is 17.2 Å². The lowest BCUT2D eigenvalue weighted by Crippen LogP contribution is -2.27. The van der Waals surface area contributed by atoms with Crippen molar-refractivity contribution in [1.82, 2.24) is 4.90 Å². The van der Waals surface area contributed by atoms with Crippen molar-refractivity contribution in [3.63, 3.8) is 0 Å². The van der Waals surface area contributed by atoms with Crippen LogP contribution in [0.25, 0.3) is 0 Å². The molecule has 2 heteroatoms. The van der Waals surface area contributed by atoms with Gasteiger partial charge in [0.05, 0.1) is 0 Å². The molecule has 0 N–H and O–H groups in total. The highest BCUT2D eigenvalue weighted by Crippen LogP contribution is 2.39. The van der Waals surface area contributed by atoms with Gasteiger partial charge in [-0.2, -0.15) is 0 Å². The Morgan fingerprint density at radius 1 is 1.00 bits per heavy atom. The minimum Gasteiger partial charge on any atom is -0.485 e. The molecule has 0 saturated carbocycles. The molecule has 0 saturated heterocycles. The number of ether oxygens (including phenoxy) is 1. The van der Waals surface area contributed by atoms with E-state index in [1.165, 1.54) is 11.1 Å². The third kappa shape index (κ3) is 2.70. The van der Waals surface area contributed by atoms with E-state index in [0.29, 0.717) is 5.92 Å². The fourth-order valence-corrected chi connectivity index (χ4v) is 3.08. The summed E-state index contributed by atoms with van der Waals surface area (Å²) in [4.78, 5) is 2.25. The van der Waals surface area contributed by atoms with Gasteiger partial charge in [0.15, 0.2) is 0 Å². The maximum absolute atomic E-state index is 6.29. The molecular formula is C18H21NO. The first-order chi connectivity index (χ1) is 9.74. The average molecular weight is 267 g/mol. The van der Waals surface area contributed by atoms with Crippen LogP contribution >= 0.6 is 0 Å². The molecule has 104 valence electrons. The number of para-hydroxylation sites is 1. The lowest BCUT2D eigenvalue weighted by Gasteiger charge is -2.24. The van der Waals surface area contributed by atoms with E-state index < -0.39 is 0 Å². The van der Waals surface area contributed by atoms with Gasteiger partial charge in [-0.25, -0.2) is 0 Å². The first kappa shape index (κ1) is 13.2. The van der Waals surface area contributed by atoms with Crippen LogP contribution in [0.2, 0.25) is 0 Å². The van der Waals surface area contributed by atoms with Crippen LogP contribution in [0.3, 0.4) is 0 Å². The lowest BCUT2D eigenvalue weighted by atomic mass is 10.0. The molecular weight excluding hydrogens is 246 g/mol. The Balaban J connectivity index is 1.87. The number of benzene rings is 2. The van der Waals surface area contributed by atoms with Gasteiger partial charge in [0.2, 0.25) is 0 Å². The maximum atomic E-state index is 6.29. The molecule has 0 spiro atoms. The molecule has 0 fully saturated rings. The highest BCUT2D eigenvalue weighted by Gasteiger charge is 2.34. The van der Waals surface area contributed by atoms with Crippen LogP contribution in [-0.2, 0) is 6.42 Å². The standard InChI is InChI=1S/C18H21NO/c1-19(2)13-15-12-14-8-6-7-11-17(14)18(15)20-16-9-4-3-5-10-16/h3-11,15,18H,12-13H2,1-2H3. The van der Waals surface area contributed by atoms with E-state index in [1.807, 2.05) is 30.3 Å². The minimum absolute atomic E-state index is 0.163. The van der Waals surface area contributed by atoms with Gasteiger partial charge in [-0.1, -0.05) is 42.5 Å². The van der Waals surface area contributed by atoms with E-state index in [2.05, 4.69) is 43.3 Å². The summed E-state index contributed by atoms with van der Waals surface area (Å²) in [7, 11) is 4.26. The zero-order valence-corrected chi connectivity index (χ0v) is 12.1. The van der Waals surface area contributed by atoms with E-state index in [4.69, 9.17) is 4.74 Å². The van der Waals surface area contributed by atoms with Crippen molar-refractivity contribution >= 4 is 0 Å². The molecule has 2 nitrogen and oxygen atoms in total. The summed E-state index contributed by atoms with van der Waals surface area (Å²) in [6, 6.07) is 18.8. The van der Waals surface area contributed by atoms with Gasteiger partial charge >= 0.3 is 0 Å². The number of fused-ring (bicyclic) bond motifs is 1. The topological polar surface area (TPSA) is 12.5 Å². The zero-order valence-electron chi connectivity index (χ0n) is 12.1. The zero-order chi connectivity index (χ0) is 13.9. The first-order valence-electron chi connectivity index (χ1n) is 7.18. The van der Waals surface area contributed by atoms with Crippen LogP contribution in [0.15, 0.2) is 54.6 Å². The Bertz CT molecular complexity index is 565. The van der Waals surface area contributed by atoms with Crippen LogP contribution in [-0.4, -0.2) is 25.5 Å². The Morgan fingerprint density at radius 2 is 1.70 bits per heavy atom. The average Bonchev–Trinajstić information content (AvgIpc) is 2.77. The number of rotatable bonds is 4. The van der Waals surface area contributed by atoms with Gasteiger partial charge in [-0.05, 0) is 43.8 Å². The summed E-state index contributed by atoms with van der Waals surface area (Å²) in [6.07, 6.45) is 1.27. The van der Waals surface area contributed by atoms with Crippen molar-refractivity contribution < 1.29 is 4.74 Å². The van der Waals surface area contributed by atoms with Crippen LogP contribution in [0, 0.1) is 5.92 Å². The predicted octanol–water partition coefficient (Wildman–Crippen LogP) is 3.54. The van der Waals surface area contributed by atoms with Crippen LogP contribution in [0.4, 0.5) is 0 Å². The summed E-state index contributed by atoms with van der Waals surface area (Å²) < 4.78 is 6.29. The second-order valence-corrected chi connectivity index (χ2v) is 5.78. The monoisotopic (exact) mass is 267 g/mol. The number of nitrogens with zero attached hydrogens (tertiary/aromatic N) is 1. The predicted molar refractivity (Wildman–Crippen MR) is 82.0 cm³/mol. The Morgan fingerprint density at radius 3 is 2.45 bits per heavy atom. The van der Waals surface area contributed by atoms with Crippen molar-refractivity contribution in [2.24, 2.45) is 5.92 Å². The Labute approximate surface area is 121 Å². The fourth-order valence-electron chi connectivity index (χ4n) is 3.08. The van der Waals surface area contributed by atoms with Crippen molar-refractivity contribution in [2.45, 2.75) is 12.5 Å². The molecule has 2 aromatic carbocycles. The van der Waals surface area contributed by atoms with E-state index in [9.17, 15) is 0 Å². The molecule has 3 rings (SSSR count). The molecule has 0 amide bonds. The molecule has 1 aliphatic rings. The molecule has 2 atom stereocenters. The van der Waals surface area contributed by atoms with E-state index in [0.717, 1.165) is 18.7 Å². The molecule has 0 radical (unpaired) electrons. The van der Waals surface area contributed by atoms with Gasteiger partial charge in [0.1, 0.15) is 11.9 Å². The highest BCUT2D eigenvalue weighted by molar-refractivity contribution is 5.36. The SMILES string of the molecule is CN(C)CC1Cc2ccccc2C1Oc1ccccc1. The van der Waals surface area contributed by atoms with Crippen LogP contribution in [0.5, 0.6) is 5.75 Å². The second-order valence-electron chi connectivity index (χ2n) is 5.78. The van der Waals surface area contributed by atoms with Crippen molar-refractivity contribution in [1.29, 1.82) is 0 Å². The fraction of sp³-hybridized carbons (Fsp3) is 0.333. The lowest BCUT2D eigenvalue weighted by molar-refractivity contribution is 0.128.